The minimum atomic E-state index is 0.370. The van der Waals surface area contributed by atoms with E-state index in [1.807, 2.05) is 6.07 Å². The quantitative estimate of drug-likeness (QED) is 0.847. The second-order valence-electron chi connectivity index (χ2n) is 5.69. The summed E-state index contributed by atoms with van der Waals surface area (Å²) in [6.07, 6.45) is 4.25. The maximum atomic E-state index is 8.94. The van der Waals surface area contributed by atoms with E-state index in [4.69, 9.17) is 5.26 Å². The number of aromatic nitrogens is 2. The van der Waals surface area contributed by atoms with Gasteiger partial charge in [-0.15, -0.1) is 0 Å². The molecule has 3 rings (SSSR count). The van der Waals surface area contributed by atoms with Crippen molar-refractivity contribution in [1.29, 1.82) is 5.26 Å². The van der Waals surface area contributed by atoms with Gasteiger partial charge >= 0.3 is 0 Å². The minimum absolute atomic E-state index is 0.370. The van der Waals surface area contributed by atoms with Crippen molar-refractivity contribution in [2.75, 3.05) is 11.4 Å². The summed E-state index contributed by atoms with van der Waals surface area (Å²) in [6.45, 7) is 6.23. The van der Waals surface area contributed by atoms with Gasteiger partial charge in [0.25, 0.3) is 0 Å². The Morgan fingerprint density at radius 2 is 2.14 bits per heavy atom. The first kappa shape index (κ1) is 13.6. The van der Waals surface area contributed by atoms with Crippen LogP contribution in [0.5, 0.6) is 0 Å². The van der Waals surface area contributed by atoms with Crippen molar-refractivity contribution in [2.45, 2.75) is 32.7 Å². The number of nitriles is 1. The van der Waals surface area contributed by atoms with Gasteiger partial charge in [0.2, 0.25) is 0 Å². The second kappa shape index (κ2) is 5.53. The summed E-state index contributed by atoms with van der Waals surface area (Å²) in [5.74, 6) is 1.34. The topological polar surface area (TPSA) is 52.8 Å². The minimum Gasteiger partial charge on any atom is -0.351 e. The Bertz CT molecular complexity index is 700. The molecule has 0 saturated carbocycles. The standard InChI is InChI=1S/C17H18N4/c1-12(2)15-5-3-4-13-11-21(7-6-16(13)15)17-10-19-9-14(8-18)20-17/h3-5,9-10,12H,6-7,11H2,1-2H3. The van der Waals surface area contributed by atoms with Crippen LogP contribution in [0, 0.1) is 11.3 Å². The van der Waals surface area contributed by atoms with E-state index in [-0.39, 0.29) is 0 Å². The lowest BCUT2D eigenvalue weighted by Gasteiger charge is -2.31. The number of hydrogen-bond acceptors (Lipinski definition) is 4. The van der Waals surface area contributed by atoms with Gasteiger partial charge in [-0.2, -0.15) is 5.26 Å². The molecule has 0 N–H and O–H groups in total. The number of benzene rings is 1. The van der Waals surface area contributed by atoms with Gasteiger partial charge < -0.3 is 4.90 Å². The molecule has 1 aromatic carbocycles. The molecule has 1 aliphatic heterocycles. The zero-order valence-electron chi connectivity index (χ0n) is 12.4. The number of nitrogens with zero attached hydrogens (tertiary/aromatic N) is 4. The fourth-order valence-electron chi connectivity index (χ4n) is 2.94. The Hall–Kier alpha value is -2.41. The molecule has 0 spiro atoms. The van der Waals surface area contributed by atoms with Crippen LogP contribution in [0.2, 0.25) is 0 Å². The first-order chi connectivity index (χ1) is 10.2. The summed E-state index contributed by atoms with van der Waals surface area (Å²) in [4.78, 5) is 10.6. The van der Waals surface area contributed by atoms with E-state index in [1.165, 1.54) is 22.9 Å². The molecular formula is C17H18N4. The highest BCUT2D eigenvalue weighted by Crippen LogP contribution is 2.29. The molecule has 0 unspecified atom stereocenters. The summed E-state index contributed by atoms with van der Waals surface area (Å²) in [6, 6.07) is 8.60. The monoisotopic (exact) mass is 278 g/mol. The van der Waals surface area contributed by atoms with Gasteiger partial charge in [-0.1, -0.05) is 32.0 Å². The van der Waals surface area contributed by atoms with E-state index in [0.717, 1.165) is 25.3 Å². The fourth-order valence-corrected chi connectivity index (χ4v) is 2.94. The Balaban J connectivity index is 1.91. The lowest BCUT2D eigenvalue weighted by atomic mass is 9.89. The van der Waals surface area contributed by atoms with Crippen LogP contribution in [0.1, 0.15) is 42.1 Å². The van der Waals surface area contributed by atoms with Gasteiger partial charge in [0.15, 0.2) is 5.69 Å². The van der Waals surface area contributed by atoms with Gasteiger partial charge in [-0.3, -0.25) is 4.98 Å². The molecule has 2 aromatic rings. The molecule has 4 heteroatoms. The average Bonchev–Trinajstić information content (AvgIpc) is 2.53. The second-order valence-corrected chi connectivity index (χ2v) is 5.69. The van der Waals surface area contributed by atoms with Gasteiger partial charge in [0.1, 0.15) is 11.9 Å². The fraction of sp³-hybridized carbons (Fsp3) is 0.353. The molecule has 0 bridgehead atoms. The Morgan fingerprint density at radius 3 is 2.90 bits per heavy atom. The molecule has 0 saturated heterocycles. The molecule has 0 fully saturated rings. The van der Waals surface area contributed by atoms with E-state index >= 15 is 0 Å². The smallest absolute Gasteiger partial charge is 0.161 e. The maximum absolute atomic E-state index is 8.94. The van der Waals surface area contributed by atoms with Crippen LogP contribution in [0.15, 0.2) is 30.6 Å². The molecule has 106 valence electrons. The van der Waals surface area contributed by atoms with E-state index in [2.05, 4.69) is 46.9 Å². The Kier molecular flexibility index (Phi) is 3.57. The maximum Gasteiger partial charge on any atom is 0.161 e. The lowest BCUT2D eigenvalue weighted by Crippen LogP contribution is -2.32. The SMILES string of the molecule is CC(C)c1cccc2c1CCN(c1cncc(C#N)n1)C2. The number of fused-ring (bicyclic) bond motifs is 1. The van der Waals surface area contributed by atoms with Gasteiger partial charge in [0.05, 0.1) is 12.4 Å². The van der Waals surface area contributed by atoms with Crippen molar-refractivity contribution in [3.8, 4) is 6.07 Å². The zero-order valence-corrected chi connectivity index (χ0v) is 12.4. The summed E-state index contributed by atoms with van der Waals surface area (Å²) in [7, 11) is 0. The molecule has 0 amide bonds. The highest BCUT2D eigenvalue weighted by molar-refractivity contribution is 5.47. The van der Waals surface area contributed by atoms with Crippen molar-refractivity contribution >= 4 is 5.82 Å². The summed E-state index contributed by atoms with van der Waals surface area (Å²) in [5.41, 5.74) is 4.66. The van der Waals surface area contributed by atoms with Crippen LogP contribution in [-0.4, -0.2) is 16.5 Å². The highest BCUT2D eigenvalue weighted by atomic mass is 15.2. The third kappa shape index (κ3) is 2.59. The Labute approximate surface area is 125 Å². The summed E-state index contributed by atoms with van der Waals surface area (Å²) in [5, 5.41) is 8.94. The first-order valence-electron chi connectivity index (χ1n) is 7.27. The molecule has 21 heavy (non-hydrogen) atoms. The normalized spacial score (nSPS) is 13.9. The predicted molar refractivity (Wildman–Crippen MR) is 82.0 cm³/mol. The molecular weight excluding hydrogens is 260 g/mol. The molecule has 0 atom stereocenters. The third-order valence-corrected chi connectivity index (χ3v) is 3.98. The Morgan fingerprint density at radius 1 is 1.29 bits per heavy atom. The van der Waals surface area contributed by atoms with Crippen LogP contribution in [0.25, 0.3) is 0 Å². The van der Waals surface area contributed by atoms with Crippen molar-refractivity contribution in [3.63, 3.8) is 0 Å². The van der Waals surface area contributed by atoms with E-state index in [9.17, 15) is 0 Å². The van der Waals surface area contributed by atoms with E-state index in [1.54, 1.807) is 6.20 Å². The molecule has 4 nitrogen and oxygen atoms in total. The summed E-state index contributed by atoms with van der Waals surface area (Å²) >= 11 is 0. The van der Waals surface area contributed by atoms with Gasteiger partial charge in [0, 0.05) is 13.1 Å². The largest absolute Gasteiger partial charge is 0.351 e. The first-order valence-corrected chi connectivity index (χ1v) is 7.27. The van der Waals surface area contributed by atoms with Crippen molar-refractivity contribution in [1.82, 2.24) is 9.97 Å². The molecule has 0 aliphatic carbocycles. The van der Waals surface area contributed by atoms with Crippen molar-refractivity contribution in [3.05, 3.63) is 53.0 Å². The van der Waals surface area contributed by atoms with E-state index < -0.39 is 0 Å². The highest BCUT2D eigenvalue weighted by Gasteiger charge is 2.20. The number of hydrogen-bond donors (Lipinski definition) is 0. The molecule has 1 aliphatic rings. The van der Waals surface area contributed by atoms with Crippen LogP contribution < -0.4 is 4.90 Å². The average molecular weight is 278 g/mol. The number of anilines is 1. The number of rotatable bonds is 2. The lowest BCUT2D eigenvalue weighted by molar-refractivity contribution is 0.701. The summed E-state index contributed by atoms with van der Waals surface area (Å²) < 4.78 is 0. The zero-order chi connectivity index (χ0) is 14.8. The predicted octanol–water partition coefficient (Wildman–Crippen LogP) is 3.03. The molecule has 1 aromatic heterocycles. The molecule has 0 radical (unpaired) electrons. The van der Waals surface area contributed by atoms with E-state index in [0.29, 0.717) is 11.6 Å². The third-order valence-electron chi connectivity index (χ3n) is 3.98. The van der Waals surface area contributed by atoms with Crippen LogP contribution in [0.4, 0.5) is 5.82 Å². The van der Waals surface area contributed by atoms with Crippen molar-refractivity contribution in [2.24, 2.45) is 0 Å². The van der Waals surface area contributed by atoms with Crippen molar-refractivity contribution < 1.29 is 0 Å². The van der Waals surface area contributed by atoms with Gasteiger partial charge in [-0.25, -0.2) is 4.98 Å². The van der Waals surface area contributed by atoms with Crippen LogP contribution in [-0.2, 0) is 13.0 Å². The molecule has 2 heterocycles. The van der Waals surface area contributed by atoms with Gasteiger partial charge in [-0.05, 0) is 29.0 Å². The van der Waals surface area contributed by atoms with Crippen LogP contribution >= 0.6 is 0 Å². The van der Waals surface area contributed by atoms with Crippen LogP contribution in [0.3, 0.4) is 0 Å².